The molecule has 5 nitrogen and oxygen atoms in total. The Morgan fingerprint density at radius 1 is 1.60 bits per heavy atom. The number of imidazole rings is 1. The third kappa shape index (κ3) is 4.07. The van der Waals surface area contributed by atoms with Gasteiger partial charge in [0.25, 0.3) is 0 Å². The molecule has 132 valence electrons. The van der Waals surface area contributed by atoms with Crippen LogP contribution in [0, 0.1) is 17.2 Å². The van der Waals surface area contributed by atoms with Gasteiger partial charge in [-0.25, -0.2) is 4.98 Å². The van der Waals surface area contributed by atoms with E-state index in [9.17, 15) is 10.1 Å². The summed E-state index contributed by atoms with van der Waals surface area (Å²) in [6.45, 7) is 5.25. The Morgan fingerprint density at radius 2 is 2.44 bits per heavy atom. The number of fused-ring (bicyclic) bond motifs is 1. The predicted molar refractivity (Wildman–Crippen MR) is 102 cm³/mol. The van der Waals surface area contributed by atoms with Gasteiger partial charge in [-0.05, 0) is 37.2 Å². The highest BCUT2D eigenvalue weighted by Crippen LogP contribution is 2.39. The molecule has 0 aliphatic heterocycles. The Morgan fingerprint density at radius 3 is 3.20 bits per heavy atom. The molecular weight excluding hydrogens is 352 g/mol. The Bertz CT molecular complexity index is 803. The van der Waals surface area contributed by atoms with Crippen LogP contribution in [0.4, 0.5) is 5.00 Å². The van der Waals surface area contributed by atoms with Gasteiger partial charge in [0.15, 0.2) is 5.16 Å². The molecule has 0 saturated carbocycles. The van der Waals surface area contributed by atoms with Crippen molar-refractivity contribution in [2.45, 2.75) is 51.2 Å². The standard InChI is InChI=1S/C18H22N4OS2/c1-3-7-22-8-6-20-18(22)24-11-16(23)21-17-14(10-19)13-5-4-12(2)9-15(13)25-17/h6,8,12H,3-5,7,9,11H2,1-2H3,(H,21,23). The van der Waals surface area contributed by atoms with E-state index in [4.69, 9.17) is 0 Å². The molecule has 0 spiro atoms. The fraction of sp³-hybridized carbons (Fsp3) is 0.500. The zero-order valence-corrected chi connectivity index (χ0v) is 16.2. The second kappa shape index (κ2) is 8.07. The van der Waals surface area contributed by atoms with E-state index in [1.165, 1.54) is 16.6 Å². The molecule has 2 aromatic heterocycles. The van der Waals surface area contributed by atoms with Crippen molar-refractivity contribution in [3.05, 3.63) is 28.4 Å². The number of hydrogen-bond acceptors (Lipinski definition) is 5. The van der Waals surface area contributed by atoms with Crippen molar-refractivity contribution in [2.24, 2.45) is 5.92 Å². The maximum atomic E-state index is 12.4. The monoisotopic (exact) mass is 374 g/mol. The van der Waals surface area contributed by atoms with Crippen molar-refractivity contribution in [1.82, 2.24) is 9.55 Å². The molecule has 0 saturated heterocycles. The summed E-state index contributed by atoms with van der Waals surface area (Å²) in [6, 6.07) is 2.29. The number of thioether (sulfide) groups is 1. The van der Waals surface area contributed by atoms with Gasteiger partial charge in [0.2, 0.25) is 5.91 Å². The van der Waals surface area contributed by atoms with Gasteiger partial charge in [-0.2, -0.15) is 5.26 Å². The first kappa shape index (κ1) is 18.0. The molecule has 1 aliphatic rings. The first-order valence-electron chi connectivity index (χ1n) is 8.60. The van der Waals surface area contributed by atoms with E-state index in [1.54, 1.807) is 17.5 Å². The molecule has 3 rings (SSSR count). The lowest BCUT2D eigenvalue weighted by Gasteiger charge is -2.17. The highest BCUT2D eigenvalue weighted by molar-refractivity contribution is 7.99. The van der Waals surface area contributed by atoms with E-state index in [-0.39, 0.29) is 5.91 Å². The molecule has 0 radical (unpaired) electrons. The van der Waals surface area contributed by atoms with Crippen LogP contribution in [0.15, 0.2) is 17.6 Å². The van der Waals surface area contributed by atoms with E-state index < -0.39 is 0 Å². The third-order valence-electron chi connectivity index (χ3n) is 4.35. The van der Waals surface area contributed by atoms with Gasteiger partial charge >= 0.3 is 0 Å². The topological polar surface area (TPSA) is 70.7 Å². The molecule has 25 heavy (non-hydrogen) atoms. The van der Waals surface area contributed by atoms with Crippen molar-refractivity contribution < 1.29 is 4.79 Å². The summed E-state index contributed by atoms with van der Waals surface area (Å²) in [5.41, 5.74) is 1.81. The number of aryl methyl sites for hydroxylation is 1. The van der Waals surface area contributed by atoms with Crippen molar-refractivity contribution >= 4 is 34.0 Å². The summed E-state index contributed by atoms with van der Waals surface area (Å²) in [6.07, 6.45) is 7.79. The van der Waals surface area contributed by atoms with Crippen LogP contribution in [0.25, 0.3) is 0 Å². The van der Waals surface area contributed by atoms with Crippen LogP contribution in [0.2, 0.25) is 0 Å². The fourth-order valence-electron chi connectivity index (χ4n) is 3.10. The summed E-state index contributed by atoms with van der Waals surface area (Å²) in [5.74, 6) is 0.860. The van der Waals surface area contributed by atoms with Crippen LogP contribution in [-0.2, 0) is 24.2 Å². The molecule has 7 heteroatoms. The molecule has 1 unspecified atom stereocenters. The number of thiophene rings is 1. The lowest BCUT2D eigenvalue weighted by atomic mass is 9.89. The minimum atomic E-state index is -0.0841. The van der Waals surface area contributed by atoms with Crippen LogP contribution < -0.4 is 5.32 Å². The molecule has 2 aromatic rings. The molecule has 1 amide bonds. The van der Waals surface area contributed by atoms with Crippen molar-refractivity contribution in [3.63, 3.8) is 0 Å². The summed E-state index contributed by atoms with van der Waals surface area (Å²) >= 11 is 3.00. The molecule has 0 fully saturated rings. The molecule has 0 bridgehead atoms. The molecule has 1 aliphatic carbocycles. The second-order valence-electron chi connectivity index (χ2n) is 6.41. The number of nitrogens with one attached hydrogen (secondary N) is 1. The summed E-state index contributed by atoms with van der Waals surface area (Å²) in [4.78, 5) is 17.9. The first-order valence-corrected chi connectivity index (χ1v) is 10.4. The summed E-state index contributed by atoms with van der Waals surface area (Å²) in [7, 11) is 0. The number of nitrogens with zero attached hydrogens (tertiary/aromatic N) is 3. The zero-order chi connectivity index (χ0) is 17.8. The Hall–Kier alpha value is -1.78. The largest absolute Gasteiger partial charge is 0.326 e. The van der Waals surface area contributed by atoms with Gasteiger partial charge in [-0.3, -0.25) is 4.79 Å². The minimum Gasteiger partial charge on any atom is -0.326 e. The summed E-state index contributed by atoms with van der Waals surface area (Å²) in [5, 5.41) is 14.0. The van der Waals surface area contributed by atoms with Gasteiger partial charge < -0.3 is 9.88 Å². The number of carbonyl (C=O) groups excluding carboxylic acids is 1. The number of anilines is 1. The smallest absolute Gasteiger partial charge is 0.235 e. The van der Waals surface area contributed by atoms with E-state index in [2.05, 4.69) is 34.8 Å². The van der Waals surface area contributed by atoms with Crippen molar-refractivity contribution in [3.8, 4) is 6.07 Å². The van der Waals surface area contributed by atoms with Crippen molar-refractivity contribution in [1.29, 1.82) is 5.26 Å². The van der Waals surface area contributed by atoms with Gasteiger partial charge in [-0.15, -0.1) is 11.3 Å². The quantitative estimate of drug-likeness (QED) is 0.773. The van der Waals surface area contributed by atoms with Gasteiger partial charge in [0.05, 0.1) is 11.3 Å². The fourth-order valence-corrected chi connectivity index (χ4v) is 5.26. The van der Waals surface area contributed by atoms with E-state index in [1.807, 2.05) is 6.20 Å². The van der Waals surface area contributed by atoms with Crippen LogP contribution in [0.1, 0.15) is 42.7 Å². The Kier molecular flexibility index (Phi) is 5.82. The second-order valence-corrected chi connectivity index (χ2v) is 8.46. The molecule has 0 aromatic carbocycles. The zero-order valence-electron chi connectivity index (χ0n) is 14.5. The number of nitriles is 1. The average molecular weight is 375 g/mol. The van der Waals surface area contributed by atoms with Crippen LogP contribution in [-0.4, -0.2) is 21.2 Å². The lowest BCUT2D eigenvalue weighted by Crippen LogP contribution is -2.14. The lowest BCUT2D eigenvalue weighted by molar-refractivity contribution is -0.113. The maximum absolute atomic E-state index is 12.4. The van der Waals surface area contributed by atoms with Gasteiger partial charge in [-0.1, -0.05) is 25.6 Å². The van der Waals surface area contributed by atoms with Gasteiger partial charge in [0, 0.05) is 23.8 Å². The predicted octanol–water partition coefficient (Wildman–Crippen LogP) is 4.08. The number of aromatic nitrogens is 2. The molecule has 1 atom stereocenters. The molecular formula is C18H22N4OS2. The van der Waals surface area contributed by atoms with Gasteiger partial charge in [0.1, 0.15) is 11.1 Å². The normalized spacial score (nSPS) is 16.3. The van der Waals surface area contributed by atoms with Crippen LogP contribution >= 0.6 is 23.1 Å². The van der Waals surface area contributed by atoms with Crippen molar-refractivity contribution in [2.75, 3.05) is 11.1 Å². The Balaban J connectivity index is 1.65. The highest BCUT2D eigenvalue weighted by Gasteiger charge is 2.24. The van der Waals surface area contributed by atoms with E-state index in [0.29, 0.717) is 22.2 Å². The highest BCUT2D eigenvalue weighted by atomic mass is 32.2. The maximum Gasteiger partial charge on any atom is 0.235 e. The number of amides is 1. The van der Waals surface area contributed by atoms with Crippen LogP contribution in [0.5, 0.6) is 0 Å². The van der Waals surface area contributed by atoms with Crippen LogP contribution in [0.3, 0.4) is 0 Å². The number of carbonyl (C=O) groups is 1. The van der Waals surface area contributed by atoms with E-state index in [0.717, 1.165) is 42.9 Å². The SMILES string of the molecule is CCCn1ccnc1SCC(=O)Nc1sc2c(c1C#N)CCC(C)C2. The van der Waals surface area contributed by atoms with E-state index >= 15 is 0 Å². The number of hydrogen-bond donors (Lipinski definition) is 1. The average Bonchev–Trinajstić information content (AvgIpc) is 3.16. The number of rotatable bonds is 6. The molecule has 2 heterocycles. The Labute approximate surface area is 156 Å². The molecule has 1 N–H and O–H groups in total. The third-order valence-corrected chi connectivity index (χ3v) is 6.53. The first-order chi connectivity index (χ1) is 12.1. The summed E-state index contributed by atoms with van der Waals surface area (Å²) < 4.78 is 2.06. The minimum absolute atomic E-state index is 0.0841.